The van der Waals surface area contributed by atoms with Gasteiger partial charge in [0, 0.05) is 28.1 Å². The van der Waals surface area contributed by atoms with Crippen molar-refractivity contribution in [3.05, 3.63) is 117 Å². The lowest BCUT2D eigenvalue weighted by atomic mass is 10.1. The summed E-state index contributed by atoms with van der Waals surface area (Å²) in [6.45, 7) is 2.41. The highest BCUT2D eigenvalue weighted by Gasteiger charge is 2.09. The number of amides is 1. The van der Waals surface area contributed by atoms with Crippen molar-refractivity contribution in [1.82, 2.24) is 15.1 Å². The van der Waals surface area contributed by atoms with E-state index in [-0.39, 0.29) is 11.5 Å². The average Bonchev–Trinajstić information content (AvgIpc) is 2.80. The van der Waals surface area contributed by atoms with Crippen LogP contribution in [0.3, 0.4) is 0 Å². The van der Waals surface area contributed by atoms with Crippen LogP contribution in [0.4, 0.5) is 0 Å². The zero-order chi connectivity index (χ0) is 22.5. The van der Waals surface area contributed by atoms with Gasteiger partial charge < -0.3 is 5.32 Å². The third kappa shape index (κ3) is 5.46. The van der Waals surface area contributed by atoms with Crippen LogP contribution in [0.5, 0.6) is 0 Å². The highest BCUT2D eigenvalue weighted by Crippen LogP contribution is 2.25. The van der Waals surface area contributed by atoms with Crippen LogP contribution in [0.15, 0.2) is 99.6 Å². The van der Waals surface area contributed by atoms with Gasteiger partial charge in [-0.25, -0.2) is 0 Å². The van der Waals surface area contributed by atoms with Crippen molar-refractivity contribution in [3.63, 3.8) is 0 Å². The summed E-state index contributed by atoms with van der Waals surface area (Å²) < 4.78 is 1.34. The van der Waals surface area contributed by atoms with Gasteiger partial charge in [0.15, 0.2) is 0 Å². The van der Waals surface area contributed by atoms with E-state index in [2.05, 4.69) is 10.4 Å². The summed E-state index contributed by atoms with van der Waals surface area (Å²) >= 11 is 7.46. The molecule has 5 nitrogen and oxygen atoms in total. The Balaban J connectivity index is 1.47. The molecule has 0 bridgehead atoms. The van der Waals surface area contributed by atoms with Crippen LogP contribution < -0.4 is 10.9 Å². The smallest absolute Gasteiger partial charge is 0.271 e. The summed E-state index contributed by atoms with van der Waals surface area (Å²) in [7, 11) is 0. The van der Waals surface area contributed by atoms with E-state index in [1.807, 2.05) is 49.4 Å². The van der Waals surface area contributed by atoms with Crippen molar-refractivity contribution in [3.8, 4) is 5.69 Å². The van der Waals surface area contributed by atoms with Crippen LogP contribution in [0.2, 0.25) is 5.02 Å². The maximum atomic E-state index is 12.5. The fraction of sp³-hybridized carbons (Fsp3) is 0.0800. The number of nitrogens with one attached hydrogen (secondary N) is 1. The largest absolute Gasteiger partial charge is 0.348 e. The normalized spacial score (nSPS) is 10.7. The van der Waals surface area contributed by atoms with Crippen molar-refractivity contribution in [1.29, 1.82) is 0 Å². The lowest BCUT2D eigenvalue weighted by Gasteiger charge is -2.09. The van der Waals surface area contributed by atoms with Crippen LogP contribution in [0.25, 0.3) is 5.69 Å². The molecule has 1 amide bonds. The van der Waals surface area contributed by atoms with Crippen molar-refractivity contribution in [2.45, 2.75) is 23.4 Å². The van der Waals surface area contributed by atoms with E-state index in [9.17, 15) is 9.59 Å². The van der Waals surface area contributed by atoms with Crippen LogP contribution >= 0.6 is 23.4 Å². The molecule has 1 N–H and O–H groups in total. The van der Waals surface area contributed by atoms with E-state index >= 15 is 0 Å². The van der Waals surface area contributed by atoms with E-state index in [1.165, 1.54) is 28.1 Å². The number of hydrogen-bond donors (Lipinski definition) is 1. The molecule has 7 heteroatoms. The van der Waals surface area contributed by atoms with Gasteiger partial charge in [0.05, 0.1) is 5.69 Å². The third-order valence-electron chi connectivity index (χ3n) is 4.74. The first-order chi connectivity index (χ1) is 15.5. The van der Waals surface area contributed by atoms with Gasteiger partial charge in [-0.2, -0.15) is 9.78 Å². The van der Waals surface area contributed by atoms with Gasteiger partial charge in [0.25, 0.3) is 11.5 Å². The number of benzene rings is 3. The molecule has 0 unspecified atom stereocenters. The minimum Gasteiger partial charge on any atom is -0.348 e. The Hall–Kier alpha value is -3.35. The Kier molecular flexibility index (Phi) is 6.73. The Labute approximate surface area is 195 Å². The topological polar surface area (TPSA) is 64.0 Å². The standard InChI is InChI=1S/C25H20ClN3O2S/c1-17-5-11-22(12-6-17)32-23-13-14-24(30)29(28-23)21-9-7-19(8-10-21)25(31)27-16-18-3-2-4-20(26)15-18/h2-15H,16H2,1H3,(H,27,31). The Morgan fingerprint density at radius 1 is 1.00 bits per heavy atom. The molecule has 0 aliphatic carbocycles. The molecule has 1 heterocycles. The maximum absolute atomic E-state index is 12.5. The first-order valence-corrected chi connectivity index (χ1v) is 11.2. The first kappa shape index (κ1) is 21.9. The predicted molar refractivity (Wildman–Crippen MR) is 128 cm³/mol. The molecule has 0 aliphatic rings. The number of halogens is 1. The fourth-order valence-electron chi connectivity index (χ4n) is 3.05. The molecule has 4 aromatic rings. The second kappa shape index (κ2) is 9.85. The van der Waals surface area contributed by atoms with Crippen molar-refractivity contribution in [2.75, 3.05) is 0 Å². The molecule has 32 heavy (non-hydrogen) atoms. The van der Waals surface area contributed by atoms with Crippen LogP contribution in [-0.4, -0.2) is 15.7 Å². The average molecular weight is 462 g/mol. The highest BCUT2D eigenvalue weighted by atomic mass is 35.5. The highest BCUT2D eigenvalue weighted by molar-refractivity contribution is 7.99. The Morgan fingerprint density at radius 3 is 2.47 bits per heavy atom. The van der Waals surface area contributed by atoms with Gasteiger partial charge in [-0.15, -0.1) is 0 Å². The molecule has 4 rings (SSSR count). The molecular formula is C25H20ClN3O2S. The summed E-state index contributed by atoms with van der Waals surface area (Å²) in [5, 5.41) is 8.67. The summed E-state index contributed by atoms with van der Waals surface area (Å²) in [6.07, 6.45) is 0. The van der Waals surface area contributed by atoms with Crippen LogP contribution in [-0.2, 0) is 6.54 Å². The molecule has 0 spiro atoms. The Bertz CT molecular complexity index is 1300. The molecular weight excluding hydrogens is 442 g/mol. The molecule has 0 aliphatic heterocycles. The second-order valence-electron chi connectivity index (χ2n) is 7.20. The van der Waals surface area contributed by atoms with Gasteiger partial charge >= 0.3 is 0 Å². The van der Waals surface area contributed by atoms with E-state index in [1.54, 1.807) is 36.4 Å². The lowest BCUT2D eigenvalue weighted by Crippen LogP contribution is -2.23. The monoisotopic (exact) mass is 461 g/mol. The second-order valence-corrected chi connectivity index (χ2v) is 8.73. The molecule has 0 saturated heterocycles. The van der Waals surface area contributed by atoms with E-state index in [0.29, 0.717) is 27.8 Å². The van der Waals surface area contributed by atoms with Gasteiger partial charge in [0.2, 0.25) is 0 Å². The molecule has 0 atom stereocenters. The minimum atomic E-state index is -0.239. The summed E-state index contributed by atoms with van der Waals surface area (Å²) in [5.74, 6) is -0.208. The minimum absolute atomic E-state index is 0.208. The van der Waals surface area contributed by atoms with Crippen LogP contribution in [0, 0.1) is 6.92 Å². The maximum Gasteiger partial charge on any atom is 0.271 e. The number of aromatic nitrogens is 2. The molecule has 0 fully saturated rings. The van der Waals surface area contributed by atoms with E-state index in [4.69, 9.17) is 11.6 Å². The number of carbonyl (C=O) groups excluding carboxylic acids is 1. The molecule has 1 aromatic heterocycles. The zero-order valence-electron chi connectivity index (χ0n) is 17.3. The first-order valence-electron chi connectivity index (χ1n) is 9.96. The number of aryl methyl sites for hydroxylation is 1. The zero-order valence-corrected chi connectivity index (χ0v) is 18.9. The van der Waals surface area contributed by atoms with E-state index in [0.717, 1.165) is 10.5 Å². The third-order valence-corrected chi connectivity index (χ3v) is 5.91. The number of nitrogens with zero attached hydrogens (tertiary/aromatic N) is 2. The van der Waals surface area contributed by atoms with Gasteiger partial charge in [-0.05, 0) is 67.1 Å². The van der Waals surface area contributed by atoms with Gasteiger partial charge in [-0.3, -0.25) is 9.59 Å². The van der Waals surface area contributed by atoms with Crippen molar-refractivity contribution >= 4 is 29.3 Å². The van der Waals surface area contributed by atoms with Crippen LogP contribution in [0.1, 0.15) is 21.5 Å². The predicted octanol–water partition coefficient (Wildman–Crippen LogP) is 5.28. The van der Waals surface area contributed by atoms with Crippen molar-refractivity contribution in [2.24, 2.45) is 0 Å². The number of carbonyl (C=O) groups is 1. The van der Waals surface area contributed by atoms with Crippen molar-refractivity contribution < 1.29 is 4.79 Å². The summed E-state index contributed by atoms with van der Waals surface area (Å²) in [6, 6.07) is 25.4. The fourth-order valence-corrected chi connectivity index (χ4v) is 4.03. The SMILES string of the molecule is Cc1ccc(Sc2ccc(=O)n(-c3ccc(C(=O)NCc4cccc(Cl)c4)cc3)n2)cc1. The quantitative estimate of drug-likeness (QED) is 0.424. The Morgan fingerprint density at radius 2 is 1.75 bits per heavy atom. The number of rotatable bonds is 6. The molecule has 160 valence electrons. The summed E-state index contributed by atoms with van der Waals surface area (Å²) in [5.41, 5.74) is 2.95. The number of hydrogen-bond acceptors (Lipinski definition) is 4. The molecule has 3 aromatic carbocycles. The molecule has 0 saturated carbocycles. The lowest BCUT2D eigenvalue weighted by molar-refractivity contribution is 0.0951. The van der Waals surface area contributed by atoms with E-state index < -0.39 is 0 Å². The van der Waals surface area contributed by atoms with Gasteiger partial charge in [0.1, 0.15) is 5.03 Å². The van der Waals surface area contributed by atoms with Gasteiger partial charge in [-0.1, -0.05) is 53.2 Å². The molecule has 0 radical (unpaired) electrons. The summed E-state index contributed by atoms with van der Waals surface area (Å²) in [4.78, 5) is 25.9.